The quantitative estimate of drug-likeness (QED) is 0.838. The lowest BCUT2D eigenvalue weighted by atomic mass is 9.97. The molecule has 1 atom stereocenters. The fraction of sp³-hybridized carbons (Fsp3) is 0.500. The summed E-state index contributed by atoms with van der Waals surface area (Å²) in [5, 5.41) is 4.41. The number of piperidine rings is 1. The summed E-state index contributed by atoms with van der Waals surface area (Å²) in [6.07, 6.45) is 1.51. The number of amides is 2. The Morgan fingerprint density at radius 1 is 1.48 bits per heavy atom. The van der Waals surface area contributed by atoms with Crippen molar-refractivity contribution in [1.82, 2.24) is 10.2 Å². The van der Waals surface area contributed by atoms with Crippen LogP contribution in [0.3, 0.4) is 0 Å². The summed E-state index contributed by atoms with van der Waals surface area (Å²) in [5.41, 5.74) is 0. The van der Waals surface area contributed by atoms with E-state index < -0.39 is 5.97 Å². The largest absolute Gasteiger partial charge is 0.468 e. The van der Waals surface area contributed by atoms with Crippen LogP contribution in [-0.2, 0) is 14.3 Å². The predicted molar refractivity (Wildman–Crippen MR) is 78.0 cm³/mol. The van der Waals surface area contributed by atoms with Crippen LogP contribution in [-0.4, -0.2) is 49.4 Å². The first-order valence-corrected chi connectivity index (χ1v) is 7.67. The van der Waals surface area contributed by atoms with Crippen molar-refractivity contribution in [3.8, 4) is 0 Å². The number of thiophene rings is 1. The van der Waals surface area contributed by atoms with Gasteiger partial charge in [0.1, 0.15) is 6.54 Å². The maximum Gasteiger partial charge on any atom is 0.325 e. The summed E-state index contributed by atoms with van der Waals surface area (Å²) in [7, 11) is 1.27. The summed E-state index contributed by atoms with van der Waals surface area (Å²) >= 11 is 1.40. The number of ether oxygens (including phenoxy) is 1. The second kappa shape index (κ2) is 7.21. The molecule has 0 aromatic carbocycles. The highest BCUT2D eigenvalue weighted by Gasteiger charge is 2.29. The molecule has 1 unspecified atom stereocenters. The first kappa shape index (κ1) is 15.5. The molecule has 0 bridgehead atoms. The topological polar surface area (TPSA) is 75.7 Å². The molecule has 1 aromatic heterocycles. The number of carbonyl (C=O) groups is 3. The van der Waals surface area contributed by atoms with Crippen molar-refractivity contribution in [1.29, 1.82) is 0 Å². The standard InChI is InChI=1S/C14H18N2O4S/c1-20-12(17)8-15-13(18)10-4-2-6-16(9-10)14(19)11-5-3-7-21-11/h3,5,7,10H,2,4,6,8-9H2,1H3,(H,15,18). The minimum Gasteiger partial charge on any atom is -0.468 e. The average Bonchev–Trinajstić information content (AvgIpc) is 3.06. The normalized spacial score (nSPS) is 18.1. The molecule has 7 heteroatoms. The van der Waals surface area contributed by atoms with E-state index in [0.717, 1.165) is 12.8 Å². The highest BCUT2D eigenvalue weighted by molar-refractivity contribution is 7.12. The van der Waals surface area contributed by atoms with Crippen LogP contribution in [0.1, 0.15) is 22.5 Å². The number of hydrogen-bond acceptors (Lipinski definition) is 5. The maximum absolute atomic E-state index is 12.3. The molecule has 1 aliphatic rings. The van der Waals surface area contributed by atoms with E-state index in [9.17, 15) is 14.4 Å². The van der Waals surface area contributed by atoms with Gasteiger partial charge < -0.3 is 15.0 Å². The van der Waals surface area contributed by atoms with Gasteiger partial charge in [-0.2, -0.15) is 0 Å². The first-order valence-electron chi connectivity index (χ1n) is 6.79. The van der Waals surface area contributed by atoms with Gasteiger partial charge in [-0.25, -0.2) is 0 Å². The summed E-state index contributed by atoms with van der Waals surface area (Å²) in [5.74, 6) is -0.988. The monoisotopic (exact) mass is 310 g/mol. The number of carbonyl (C=O) groups excluding carboxylic acids is 3. The Hall–Kier alpha value is -1.89. The van der Waals surface area contributed by atoms with Crippen LogP contribution in [0.4, 0.5) is 0 Å². The highest BCUT2D eigenvalue weighted by atomic mass is 32.1. The lowest BCUT2D eigenvalue weighted by Crippen LogP contribution is -2.46. The van der Waals surface area contributed by atoms with Crippen molar-refractivity contribution in [3.05, 3.63) is 22.4 Å². The smallest absolute Gasteiger partial charge is 0.325 e. The number of esters is 1. The van der Waals surface area contributed by atoms with Crippen LogP contribution >= 0.6 is 11.3 Å². The van der Waals surface area contributed by atoms with Gasteiger partial charge in [-0.3, -0.25) is 14.4 Å². The summed E-state index contributed by atoms with van der Waals surface area (Å²) in [6, 6.07) is 3.62. The maximum atomic E-state index is 12.3. The molecule has 1 aliphatic heterocycles. The molecule has 21 heavy (non-hydrogen) atoms. The van der Waals surface area contributed by atoms with Crippen LogP contribution in [0.15, 0.2) is 17.5 Å². The molecule has 1 N–H and O–H groups in total. The summed E-state index contributed by atoms with van der Waals surface area (Å²) < 4.78 is 4.48. The van der Waals surface area contributed by atoms with Gasteiger partial charge >= 0.3 is 5.97 Å². The Morgan fingerprint density at radius 3 is 2.95 bits per heavy atom. The van der Waals surface area contributed by atoms with Crippen LogP contribution < -0.4 is 5.32 Å². The third kappa shape index (κ3) is 4.04. The molecule has 0 saturated carbocycles. The minimum absolute atomic E-state index is 0.0320. The number of hydrogen-bond donors (Lipinski definition) is 1. The van der Waals surface area contributed by atoms with Crippen LogP contribution in [0.25, 0.3) is 0 Å². The van der Waals surface area contributed by atoms with E-state index in [2.05, 4.69) is 10.1 Å². The third-order valence-electron chi connectivity index (χ3n) is 3.45. The number of nitrogens with one attached hydrogen (secondary N) is 1. The molecular weight excluding hydrogens is 292 g/mol. The van der Waals surface area contributed by atoms with Crippen molar-refractivity contribution in [2.45, 2.75) is 12.8 Å². The predicted octanol–water partition coefficient (Wildman–Crippen LogP) is 0.889. The highest BCUT2D eigenvalue weighted by Crippen LogP contribution is 2.20. The molecule has 2 amide bonds. The van der Waals surface area contributed by atoms with E-state index in [1.54, 1.807) is 11.0 Å². The van der Waals surface area contributed by atoms with Gasteiger partial charge in [0, 0.05) is 13.1 Å². The SMILES string of the molecule is COC(=O)CNC(=O)C1CCCN(C(=O)c2cccs2)C1. The van der Waals surface area contributed by atoms with E-state index in [-0.39, 0.29) is 24.3 Å². The zero-order valence-corrected chi connectivity index (χ0v) is 12.6. The summed E-state index contributed by atoms with van der Waals surface area (Å²) in [4.78, 5) is 37.7. The molecule has 2 rings (SSSR count). The van der Waals surface area contributed by atoms with Crippen molar-refractivity contribution >= 4 is 29.1 Å². The number of nitrogens with zero attached hydrogens (tertiary/aromatic N) is 1. The fourth-order valence-electron chi connectivity index (χ4n) is 2.31. The summed E-state index contributed by atoms with van der Waals surface area (Å²) in [6.45, 7) is 0.923. The van der Waals surface area contributed by atoms with Crippen LogP contribution in [0.5, 0.6) is 0 Å². The Bertz CT molecular complexity index is 515. The Morgan fingerprint density at radius 2 is 2.29 bits per heavy atom. The molecule has 1 saturated heterocycles. The molecule has 1 fully saturated rings. The molecule has 1 aromatic rings. The molecule has 0 radical (unpaired) electrons. The zero-order chi connectivity index (χ0) is 15.2. The molecule has 0 spiro atoms. The molecule has 6 nitrogen and oxygen atoms in total. The van der Waals surface area contributed by atoms with E-state index in [4.69, 9.17) is 0 Å². The second-order valence-corrected chi connectivity index (χ2v) is 5.81. The molecule has 0 aliphatic carbocycles. The van der Waals surface area contributed by atoms with Crippen LogP contribution in [0.2, 0.25) is 0 Å². The van der Waals surface area contributed by atoms with Crippen molar-refractivity contribution < 1.29 is 19.1 Å². The molecule has 2 heterocycles. The van der Waals surface area contributed by atoms with Crippen LogP contribution in [0, 0.1) is 5.92 Å². The lowest BCUT2D eigenvalue weighted by molar-refractivity contribution is -0.141. The first-order chi connectivity index (χ1) is 10.1. The molecule has 114 valence electrons. The number of rotatable bonds is 4. The number of methoxy groups -OCH3 is 1. The van der Waals surface area contributed by atoms with Gasteiger partial charge in [0.15, 0.2) is 0 Å². The van der Waals surface area contributed by atoms with E-state index in [0.29, 0.717) is 18.0 Å². The fourth-order valence-corrected chi connectivity index (χ4v) is 3.00. The number of likely N-dealkylation sites (tertiary alicyclic amines) is 1. The van der Waals surface area contributed by atoms with Gasteiger partial charge in [-0.1, -0.05) is 6.07 Å². The average molecular weight is 310 g/mol. The van der Waals surface area contributed by atoms with E-state index >= 15 is 0 Å². The third-order valence-corrected chi connectivity index (χ3v) is 4.30. The van der Waals surface area contributed by atoms with E-state index in [1.807, 2.05) is 11.4 Å². The van der Waals surface area contributed by atoms with Gasteiger partial charge in [0.25, 0.3) is 5.91 Å². The van der Waals surface area contributed by atoms with Gasteiger partial charge in [-0.05, 0) is 24.3 Å². The van der Waals surface area contributed by atoms with Gasteiger partial charge in [-0.15, -0.1) is 11.3 Å². The Balaban J connectivity index is 1.90. The lowest BCUT2D eigenvalue weighted by Gasteiger charge is -2.31. The van der Waals surface area contributed by atoms with Gasteiger partial charge in [0.2, 0.25) is 5.91 Å². The Kier molecular flexibility index (Phi) is 5.32. The van der Waals surface area contributed by atoms with Crippen molar-refractivity contribution in [3.63, 3.8) is 0 Å². The molecular formula is C14H18N2O4S. The van der Waals surface area contributed by atoms with Crippen molar-refractivity contribution in [2.75, 3.05) is 26.7 Å². The minimum atomic E-state index is -0.481. The zero-order valence-electron chi connectivity index (χ0n) is 11.8. The van der Waals surface area contributed by atoms with Gasteiger partial charge in [0.05, 0.1) is 17.9 Å². The van der Waals surface area contributed by atoms with E-state index in [1.165, 1.54) is 18.4 Å². The second-order valence-electron chi connectivity index (χ2n) is 4.86. The van der Waals surface area contributed by atoms with Crippen molar-refractivity contribution in [2.24, 2.45) is 5.92 Å². The Labute approximate surface area is 127 Å².